The van der Waals surface area contributed by atoms with Gasteiger partial charge in [-0.2, -0.15) is 4.31 Å². The molecule has 1 amide bonds. The smallest absolute Gasteiger partial charge is 0.270 e. The van der Waals surface area contributed by atoms with Crippen molar-refractivity contribution in [2.24, 2.45) is 0 Å². The number of hydrogen-bond donors (Lipinski definition) is 1. The Hall–Kier alpha value is -3.04. The number of benzene rings is 2. The molecule has 0 atom stereocenters. The molecule has 0 aliphatic carbocycles. The first-order chi connectivity index (χ1) is 14.4. The zero-order chi connectivity index (χ0) is 21.6. The lowest BCUT2D eigenvalue weighted by Crippen LogP contribution is -2.35. The summed E-state index contributed by atoms with van der Waals surface area (Å²) in [5, 5.41) is 13.5. The lowest BCUT2D eigenvalue weighted by atomic mass is 10.2. The van der Waals surface area contributed by atoms with Crippen LogP contribution >= 0.6 is 0 Å². The molecule has 0 radical (unpaired) electrons. The molecule has 1 saturated heterocycles. The number of nitro groups is 1. The van der Waals surface area contributed by atoms with Gasteiger partial charge in [0, 0.05) is 37.8 Å². The van der Waals surface area contributed by atoms with Crippen molar-refractivity contribution >= 4 is 27.7 Å². The summed E-state index contributed by atoms with van der Waals surface area (Å²) in [5.41, 5.74) is 1.16. The van der Waals surface area contributed by atoms with E-state index in [1.54, 1.807) is 36.4 Å². The molecule has 9 heteroatoms. The van der Waals surface area contributed by atoms with Gasteiger partial charge < -0.3 is 5.32 Å². The minimum absolute atomic E-state index is 0.0516. The zero-order valence-corrected chi connectivity index (χ0v) is 17.2. The van der Waals surface area contributed by atoms with Crippen LogP contribution in [0.2, 0.25) is 0 Å². The Morgan fingerprint density at radius 2 is 1.83 bits per heavy atom. The van der Waals surface area contributed by atoms with Gasteiger partial charge in [0.05, 0.1) is 9.82 Å². The molecule has 1 heterocycles. The van der Waals surface area contributed by atoms with Crippen LogP contribution in [-0.4, -0.2) is 36.6 Å². The quantitative estimate of drug-likeness (QED) is 0.413. The zero-order valence-electron chi connectivity index (χ0n) is 16.4. The van der Waals surface area contributed by atoms with E-state index in [0.717, 1.165) is 19.3 Å². The van der Waals surface area contributed by atoms with E-state index in [4.69, 9.17) is 0 Å². The summed E-state index contributed by atoms with van der Waals surface area (Å²) in [6.07, 6.45) is 5.55. The van der Waals surface area contributed by atoms with E-state index in [1.165, 1.54) is 28.6 Å². The predicted molar refractivity (Wildman–Crippen MR) is 113 cm³/mol. The van der Waals surface area contributed by atoms with Gasteiger partial charge in [0.1, 0.15) is 0 Å². The fourth-order valence-corrected chi connectivity index (χ4v) is 4.82. The molecule has 1 aliphatic rings. The summed E-state index contributed by atoms with van der Waals surface area (Å²) >= 11 is 0. The standard InChI is InChI=1S/C21H23N3O5S/c25-21(11-10-17-6-4-8-19(14-17)24(26)27)22-16-18-7-5-9-20(15-18)30(28,29)23-12-2-1-3-13-23/h4-11,14-15H,1-3,12-13,16H2,(H,22,25)/b11-10+. The molecule has 2 aromatic rings. The van der Waals surface area contributed by atoms with Crippen LogP contribution in [0.25, 0.3) is 6.08 Å². The van der Waals surface area contributed by atoms with Crippen LogP contribution in [0.15, 0.2) is 59.5 Å². The number of amides is 1. The summed E-state index contributed by atoms with van der Waals surface area (Å²) in [6, 6.07) is 12.5. The minimum atomic E-state index is -3.53. The molecule has 2 aromatic carbocycles. The summed E-state index contributed by atoms with van der Waals surface area (Å²) < 4.78 is 27.1. The molecule has 0 unspecified atom stereocenters. The van der Waals surface area contributed by atoms with Gasteiger partial charge in [0.2, 0.25) is 15.9 Å². The molecular weight excluding hydrogens is 406 g/mol. The van der Waals surface area contributed by atoms with Crippen molar-refractivity contribution < 1.29 is 18.1 Å². The lowest BCUT2D eigenvalue weighted by molar-refractivity contribution is -0.384. The van der Waals surface area contributed by atoms with Gasteiger partial charge in [-0.15, -0.1) is 0 Å². The summed E-state index contributed by atoms with van der Waals surface area (Å²) in [5.74, 6) is -0.384. The van der Waals surface area contributed by atoms with Crippen molar-refractivity contribution in [1.82, 2.24) is 9.62 Å². The third-order valence-electron chi connectivity index (χ3n) is 4.83. The second kappa shape index (κ2) is 9.64. The average molecular weight is 429 g/mol. The van der Waals surface area contributed by atoms with Crippen LogP contribution in [0.1, 0.15) is 30.4 Å². The first kappa shape index (κ1) is 21.7. The van der Waals surface area contributed by atoms with E-state index in [-0.39, 0.29) is 23.0 Å². The molecular formula is C21H23N3O5S. The van der Waals surface area contributed by atoms with Crippen molar-refractivity contribution in [3.8, 4) is 0 Å². The van der Waals surface area contributed by atoms with Gasteiger partial charge in [-0.3, -0.25) is 14.9 Å². The average Bonchev–Trinajstić information content (AvgIpc) is 2.77. The van der Waals surface area contributed by atoms with E-state index in [9.17, 15) is 23.3 Å². The molecule has 0 saturated carbocycles. The molecule has 1 fully saturated rings. The molecule has 8 nitrogen and oxygen atoms in total. The van der Waals surface area contributed by atoms with Gasteiger partial charge in [0.25, 0.3) is 5.69 Å². The molecule has 0 spiro atoms. The third kappa shape index (κ3) is 5.52. The van der Waals surface area contributed by atoms with Gasteiger partial charge >= 0.3 is 0 Å². The van der Waals surface area contributed by atoms with E-state index < -0.39 is 14.9 Å². The Kier molecular flexibility index (Phi) is 6.96. The van der Waals surface area contributed by atoms with Crippen molar-refractivity contribution in [1.29, 1.82) is 0 Å². The fraction of sp³-hybridized carbons (Fsp3) is 0.286. The molecule has 3 rings (SSSR count). The van der Waals surface area contributed by atoms with E-state index in [0.29, 0.717) is 24.2 Å². The summed E-state index contributed by atoms with van der Waals surface area (Å²) in [6.45, 7) is 1.24. The Morgan fingerprint density at radius 3 is 2.57 bits per heavy atom. The molecule has 0 bridgehead atoms. The molecule has 158 valence electrons. The summed E-state index contributed by atoms with van der Waals surface area (Å²) in [4.78, 5) is 22.6. The molecule has 30 heavy (non-hydrogen) atoms. The second-order valence-electron chi connectivity index (χ2n) is 7.02. The topological polar surface area (TPSA) is 110 Å². The molecule has 1 aliphatic heterocycles. The van der Waals surface area contributed by atoms with Crippen LogP contribution in [-0.2, 0) is 21.4 Å². The van der Waals surface area contributed by atoms with Gasteiger partial charge in [-0.05, 0) is 42.2 Å². The number of nitro benzene ring substituents is 1. The van der Waals surface area contributed by atoms with Crippen molar-refractivity contribution in [2.45, 2.75) is 30.7 Å². The molecule has 1 N–H and O–H groups in total. The number of carbonyl (C=O) groups excluding carboxylic acids is 1. The van der Waals surface area contributed by atoms with Crippen molar-refractivity contribution in [2.75, 3.05) is 13.1 Å². The van der Waals surface area contributed by atoms with Gasteiger partial charge in [-0.25, -0.2) is 8.42 Å². The Balaban J connectivity index is 1.62. The predicted octanol–water partition coefficient (Wildman–Crippen LogP) is 3.10. The van der Waals surface area contributed by atoms with Crippen molar-refractivity contribution in [3.63, 3.8) is 0 Å². The summed E-state index contributed by atoms with van der Waals surface area (Å²) in [7, 11) is -3.53. The number of piperidine rings is 1. The Labute approximate surface area is 175 Å². The van der Waals surface area contributed by atoms with E-state index in [2.05, 4.69) is 5.32 Å². The van der Waals surface area contributed by atoms with Crippen LogP contribution in [0.4, 0.5) is 5.69 Å². The van der Waals surface area contributed by atoms with Crippen molar-refractivity contribution in [3.05, 3.63) is 75.8 Å². The fourth-order valence-electron chi connectivity index (χ4n) is 3.23. The van der Waals surface area contributed by atoms with E-state index in [1.807, 2.05) is 0 Å². The number of sulfonamides is 1. The SMILES string of the molecule is O=C(/C=C/c1cccc([N+](=O)[O-])c1)NCc1cccc(S(=O)(=O)N2CCCCC2)c1. The van der Waals surface area contributed by atoms with Gasteiger partial charge in [0.15, 0.2) is 0 Å². The number of rotatable bonds is 7. The minimum Gasteiger partial charge on any atom is -0.348 e. The number of non-ortho nitro benzene ring substituents is 1. The van der Waals surface area contributed by atoms with Crippen LogP contribution in [0.5, 0.6) is 0 Å². The highest BCUT2D eigenvalue weighted by molar-refractivity contribution is 7.89. The Bertz CT molecular complexity index is 1060. The largest absolute Gasteiger partial charge is 0.348 e. The maximum atomic E-state index is 12.8. The van der Waals surface area contributed by atoms with Crippen LogP contribution in [0, 0.1) is 10.1 Å². The van der Waals surface area contributed by atoms with E-state index >= 15 is 0 Å². The lowest BCUT2D eigenvalue weighted by Gasteiger charge is -2.26. The first-order valence-electron chi connectivity index (χ1n) is 9.66. The van der Waals surface area contributed by atoms with Crippen LogP contribution < -0.4 is 5.32 Å². The Morgan fingerprint density at radius 1 is 1.10 bits per heavy atom. The maximum absolute atomic E-state index is 12.8. The number of nitrogens with one attached hydrogen (secondary N) is 1. The molecule has 0 aromatic heterocycles. The monoisotopic (exact) mass is 429 g/mol. The first-order valence-corrected chi connectivity index (χ1v) is 11.1. The highest BCUT2D eigenvalue weighted by Crippen LogP contribution is 2.21. The highest BCUT2D eigenvalue weighted by Gasteiger charge is 2.25. The third-order valence-corrected chi connectivity index (χ3v) is 6.72. The second-order valence-corrected chi connectivity index (χ2v) is 8.95. The number of carbonyl (C=O) groups is 1. The number of hydrogen-bond acceptors (Lipinski definition) is 5. The highest BCUT2D eigenvalue weighted by atomic mass is 32.2. The van der Waals surface area contributed by atoms with Gasteiger partial charge in [-0.1, -0.05) is 30.7 Å². The number of nitrogens with zero attached hydrogens (tertiary/aromatic N) is 2. The van der Waals surface area contributed by atoms with Crippen LogP contribution in [0.3, 0.4) is 0 Å². The normalized spacial score (nSPS) is 15.2. The maximum Gasteiger partial charge on any atom is 0.270 e.